The zero-order valence-electron chi connectivity index (χ0n) is 16.4. The summed E-state index contributed by atoms with van der Waals surface area (Å²) < 4.78 is 5.78. The highest BCUT2D eigenvalue weighted by Crippen LogP contribution is 2.30. The van der Waals surface area contributed by atoms with Gasteiger partial charge in [-0.05, 0) is 49.4 Å². The van der Waals surface area contributed by atoms with Crippen LogP contribution in [0.1, 0.15) is 6.92 Å². The van der Waals surface area contributed by atoms with E-state index >= 15 is 0 Å². The Kier molecular flexibility index (Phi) is 7.34. The molecule has 0 saturated heterocycles. The van der Waals surface area contributed by atoms with Crippen LogP contribution in [0.3, 0.4) is 0 Å². The lowest BCUT2D eigenvalue weighted by atomic mass is 10.2. The molecule has 3 rings (SSSR count). The lowest BCUT2D eigenvalue weighted by molar-refractivity contribution is -0.384. The van der Waals surface area contributed by atoms with E-state index in [0.717, 1.165) is 24.5 Å². The van der Waals surface area contributed by atoms with E-state index in [1.165, 1.54) is 18.2 Å². The minimum Gasteiger partial charge on any atom is -0.492 e. The number of rotatable bonds is 9. The van der Waals surface area contributed by atoms with E-state index in [9.17, 15) is 10.1 Å². The van der Waals surface area contributed by atoms with Gasteiger partial charge in [0.15, 0.2) is 0 Å². The van der Waals surface area contributed by atoms with Crippen molar-refractivity contribution in [1.29, 1.82) is 0 Å². The average Bonchev–Trinajstić information content (AvgIpc) is 2.77. The molecule has 30 heavy (non-hydrogen) atoms. The summed E-state index contributed by atoms with van der Waals surface area (Å²) in [6.45, 7) is 4.27. The van der Waals surface area contributed by atoms with Gasteiger partial charge in [0.2, 0.25) is 0 Å². The molecule has 0 aliphatic rings. The Morgan fingerprint density at radius 1 is 1.03 bits per heavy atom. The van der Waals surface area contributed by atoms with Crippen molar-refractivity contribution in [3.8, 4) is 5.75 Å². The van der Waals surface area contributed by atoms with Gasteiger partial charge in [-0.15, -0.1) is 5.11 Å². The fourth-order valence-corrected chi connectivity index (χ4v) is 3.00. The third kappa shape index (κ3) is 5.78. The number of hydrogen-bond donors (Lipinski definition) is 0. The van der Waals surface area contributed by atoms with E-state index in [2.05, 4.69) is 22.1 Å². The highest BCUT2D eigenvalue weighted by atomic mass is 35.5. The van der Waals surface area contributed by atoms with Crippen molar-refractivity contribution in [3.05, 3.63) is 87.9 Å². The number of para-hydroxylation sites is 1. The largest absolute Gasteiger partial charge is 0.492 e. The maximum Gasteiger partial charge on any atom is 0.271 e. The second kappa shape index (κ2) is 10.4. The van der Waals surface area contributed by atoms with Crippen molar-refractivity contribution in [2.24, 2.45) is 10.2 Å². The molecule has 0 fully saturated rings. The van der Waals surface area contributed by atoms with Crippen LogP contribution in [0.5, 0.6) is 5.75 Å². The third-order valence-electron chi connectivity index (χ3n) is 4.39. The summed E-state index contributed by atoms with van der Waals surface area (Å²) in [4.78, 5) is 12.5. The molecule has 0 atom stereocenters. The second-order valence-electron chi connectivity index (χ2n) is 6.35. The molecule has 0 saturated carbocycles. The molecule has 0 spiro atoms. The van der Waals surface area contributed by atoms with E-state index in [0.29, 0.717) is 18.0 Å². The Morgan fingerprint density at radius 3 is 2.40 bits per heavy atom. The first-order valence-electron chi connectivity index (χ1n) is 9.45. The van der Waals surface area contributed by atoms with E-state index in [1.54, 1.807) is 0 Å². The zero-order chi connectivity index (χ0) is 21.3. The van der Waals surface area contributed by atoms with Gasteiger partial charge in [0.1, 0.15) is 18.0 Å². The fourth-order valence-electron chi connectivity index (χ4n) is 2.79. The number of non-ortho nitro benzene ring substituents is 1. The number of hydrogen-bond acceptors (Lipinski definition) is 6. The molecule has 7 nitrogen and oxygen atoms in total. The normalized spacial score (nSPS) is 10.9. The summed E-state index contributed by atoms with van der Waals surface area (Å²) in [6.07, 6.45) is 0. The smallest absolute Gasteiger partial charge is 0.271 e. The van der Waals surface area contributed by atoms with Crippen LogP contribution in [0.25, 0.3) is 0 Å². The van der Waals surface area contributed by atoms with Gasteiger partial charge >= 0.3 is 0 Å². The number of nitrogens with zero attached hydrogens (tertiary/aromatic N) is 4. The second-order valence-corrected chi connectivity index (χ2v) is 6.76. The fraction of sp³-hybridized carbons (Fsp3) is 0.182. The Hall–Kier alpha value is -3.45. The molecule has 3 aromatic rings. The van der Waals surface area contributed by atoms with Gasteiger partial charge in [-0.1, -0.05) is 29.8 Å². The zero-order valence-corrected chi connectivity index (χ0v) is 17.2. The van der Waals surface area contributed by atoms with Crippen LogP contribution < -0.4 is 9.64 Å². The van der Waals surface area contributed by atoms with Gasteiger partial charge < -0.3 is 9.64 Å². The van der Waals surface area contributed by atoms with Crippen LogP contribution in [0.2, 0.25) is 5.02 Å². The molecule has 154 valence electrons. The quantitative estimate of drug-likeness (QED) is 0.221. The van der Waals surface area contributed by atoms with Crippen LogP contribution in [-0.2, 0) is 0 Å². The molecule has 0 aromatic heterocycles. The molecule has 0 radical (unpaired) electrons. The molecular weight excluding hydrogens is 404 g/mol. The van der Waals surface area contributed by atoms with Crippen LogP contribution in [0, 0.1) is 10.1 Å². The van der Waals surface area contributed by atoms with Gasteiger partial charge in [-0.3, -0.25) is 10.1 Å². The first-order chi connectivity index (χ1) is 14.6. The Morgan fingerprint density at radius 2 is 1.77 bits per heavy atom. The van der Waals surface area contributed by atoms with Crippen LogP contribution >= 0.6 is 11.6 Å². The van der Waals surface area contributed by atoms with Crippen molar-refractivity contribution in [1.82, 2.24) is 0 Å². The van der Waals surface area contributed by atoms with Crippen LogP contribution in [-0.4, -0.2) is 24.6 Å². The molecular formula is C22H21ClN4O3. The summed E-state index contributed by atoms with van der Waals surface area (Å²) in [6, 6.07) is 21.5. The number of likely N-dealkylation sites (N-methyl/N-ethyl adjacent to an activating group) is 1. The van der Waals surface area contributed by atoms with Gasteiger partial charge in [0.25, 0.3) is 5.69 Å². The van der Waals surface area contributed by atoms with Crippen LogP contribution in [0.15, 0.2) is 83.0 Å². The summed E-state index contributed by atoms with van der Waals surface area (Å²) >= 11 is 6.04. The number of halogens is 1. The molecule has 0 aliphatic heterocycles. The van der Waals surface area contributed by atoms with Crippen molar-refractivity contribution in [3.63, 3.8) is 0 Å². The first-order valence-corrected chi connectivity index (χ1v) is 9.83. The number of ether oxygens (including phenoxy) is 1. The number of nitro groups is 1. The molecule has 8 heteroatoms. The molecule has 3 aromatic carbocycles. The highest BCUT2D eigenvalue weighted by Gasteiger charge is 2.09. The summed E-state index contributed by atoms with van der Waals surface area (Å²) in [5.74, 6) is 0.856. The van der Waals surface area contributed by atoms with Gasteiger partial charge in [0.05, 0.1) is 22.2 Å². The number of benzene rings is 3. The maximum atomic E-state index is 10.8. The van der Waals surface area contributed by atoms with Crippen molar-refractivity contribution < 1.29 is 9.66 Å². The molecule has 0 unspecified atom stereocenters. The maximum absolute atomic E-state index is 10.8. The third-order valence-corrected chi connectivity index (χ3v) is 4.69. The minimum absolute atomic E-state index is 0.0841. The van der Waals surface area contributed by atoms with Crippen LogP contribution in [0.4, 0.5) is 22.7 Å². The SMILES string of the molecule is CCN(CCOc1ccccc1)c1ccc(N=Nc2ccc([N+](=O)[O-])cc2Cl)cc1. The Labute approximate surface area is 179 Å². The Bertz CT molecular complexity index is 1010. The van der Waals surface area contributed by atoms with Gasteiger partial charge in [-0.2, -0.15) is 5.11 Å². The Balaban J connectivity index is 1.60. The highest BCUT2D eigenvalue weighted by molar-refractivity contribution is 6.33. The van der Waals surface area contributed by atoms with Crippen molar-refractivity contribution in [2.75, 3.05) is 24.6 Å². The lowest BCUT2D eigenvalue weighted by Gasteiger charge is -2.23. The summed E-state index contributed by atoms with van der Waals surface area (Å²) in [5, 5.41) is 19.2. The monoisotopic (exact) mass is 424 g/mol. The molecule has 0 heterocycles. The van der Waals surface area contributed by atoms with E-state index in [-0.39, 0.29) is 10.7 Å². The standard InChI is InChI=1S/C22H21ClN4O3/c1-2-26(14-15-30-20-6-4-3-5-7-20)18-10-8-17(9-11-18)24-25-22-13-12-19(27(28)29)16-21(22)23/h3-13,16H,2,14-15H2,1H3. The van der Waals surface area contributed by atoms with Crippen molar-refractivity contribution >= 4 is 34.4 Å². The number of azo groups is 1. The van der Waals surface area contributed by atoms with Crippen molar-refractivity contribution in [2.45, 2.75) is 6.92 Å². The average molecular weight is 425 g/mol. The number of anilines is 1. The molecule has 0 bridgehead atoms. The van der Waals surface area contributed by atoms with E-state index in [1.807, 2.05) is 54.6 Å². The number of nitro benzene ring substituents is 1. The lowest BCUT2D eigenvalue weighted by Crippen LogP contribution is -2.27. The molecule has 0 amide bonds. The molecule has 0 aliphatic carbocycles. The first kappa shape index (κ1) is 21.3. The topological polar surface area (TPSA) is 80.3 Å². The summed E-state index contributed by atoms with van der Waals surface area (Å²) in [5.41, 5.74) is 2.00. The predicted octanol–water partition coefficient (Wildman–Crippen LogP) is 6.57. The van der Waals surface area contributed by atoms with E-state index in [4.69, 9.17) is 16.3 Å². The summed E-state index contributed by atoms with van der Waals surface area (Å²) in [7, 11) is 0. The van der Waals surface area contributed by atoms with E-state index < -0.39 is 4.92 Å². The van der Waals surface area contributed by atoms with Gasteiger partial charge in [-0.25, -0.2) is 0 Å². The molecule has 0 N–H and O–H groups in total. The minimum atomic E-state index is -0.504. The predicted molar refractivity (Wildman–Crippen MR) is 119 cm³/mol. The van der Waals surface area contributed by atoms with Gasteiger partial charge in [0, 0.05) is 24.4 Å².